The van der Waals surface area contributed by atoms with E-state index in [0.717, 1.165) is 109 Å². The molecular formula is C73H128O6. The molecule has 0 aliphatic heterocycles. The number of unbranched alkanes of at least 4 members (excludes halogenated alkanes) is 37. The van der Waals surface area contributed by atoms with Gasteiger partial charge in [0, 0.05) is 19.3 Å². The number of hydrogen-bond acceptors (Lipinski definition) is 6. The van der Waals surface area contributed by atoms with Crippen LogP contribution < -0.4 is 0 Å². The van der Waals surface area contributed by atoms with Crippen LogP contribution >= 0.6 is 0 Å². The summed E-state index contributed by atoms with van der Waals surface area (Å²) in [6, 6.07) is 0. The number of carbonyl (C=O) groups is 3. The van der Waals surface area contributed by atoms with E-state index in [1.54, 1.807) is 0 Å². The fraction of sp³-hybridized carbons (Fsp3) is 0.767. The molecule has 0 spiro atoms. The van der Waals surface area contributed by atoms with Crippen LogP contribution in [0.1, 0.15) is 342 Å². The van der Waals surface area contributed by atoms with E-state index in [1.165, 1.54) is 193 Å². The predicted molar refractivity (Wildman–Crippen MR) is 344 cm³/mol. The standard InChI is InChI=1S/C73H128O6/c1-4-7-10-13-16-19-22-25-28-31-34-35-36-37-40-42-45-48-51-54-57-60-63-66-72(75)78-69-70(79-73(76)67-64-61-58-55-52-49-46-43-39-33-30-27-24-21-18-15-12-9-6-3)68-77-71(74)65-62-59-56-53-50-47-44-41-38-32-29-26-23-20-17-14-11-8-5-2/h7,10,16,18-19,21,25,27-28,30,34-35,39,43,70H,4-6,8-9,11-15,17,20,22-24,26,29,31-33,36-38,40-42,44-69H2,1-3H3/b10-7-,19-16-,21-18-,28-25-,30-27-,35-34-,43-39-. The summed E-state index contributed by atoms with van der Waals surface area (Å²) in [4.78, 5) is 38.5. The topological polar surface area (TPSA) is 78.9 Å². The first-order chi connectivity index (χ1) is 39.0. The number of allylic oxidation sites excluding steroid dienone is 14. The van der Waals surface area contributed by atoms with Gasteiger partial charge in [0.25, 0.3) is 0 Å². The van der Waals surface area contributed by atoms with Crippen molar-refractivity contribution in [3.05, 3.63) is 85.1 Å². The van der Waals surface area contributed by atoms with E-state index >= 15 is 0 Å². The second-order valence-electron chi connectivity index (χ2n) is 22.7. The lowest BCUT2D eigenvalue weighted by Crippen LogP contribution is -2.30. The van der Waals surface area contributed by atoms with Crippen LogP contribution in [-0.4, -0.2) is 37.2 Å². The first-order valence-electron chi connectivity index (χ1n) is 34.1. The first-order valence-corrected chi connectivity index (χ1v) is 34.1. The number of rotatable bonds is 62. The smallest absolute Gasteiger partial charge is 0.306 e. The fourth-order valence-corrected chi connectivity index (χ4v) is 9.80. The molecule has 0 radical (unpaired) electrons. The lowest BCUT2D eigenvalue weighted by molar-refractivity contribution is -0.167. The number of ether oxygens (including phenoxy) is 3. The van der Waals surface area contributed by atoms with Gasteiger partial charge in [0.05, 0.1) is 0 Å². The summed E-state index contributed by atoms with van der Waals surface area (Å²) >= 11 is 0. The van der Waals surface area contributed by atoms with Gasteiger partial charge in [-0.15, -0.1) is 0 Å². The van der Waals surface area contributed by atoms with Crippen LogP contribution in [0.25, 0.3) is 0 Å². The van der Waals surface area contributed by atoms with Crippen molar-refractivity contribution in [2.24, 2.45) is 0 Å². The van der Waals surface area contributed by atoms with Crippen LogP contribution in [-0.2, 0) is 28.6 Å². The zero-order valence-electron chi connectivity index (χ0n) is 52.4. The molecule has 0 aromatic heterocycles. The van der Waals surface area contributed by atoms with Crippen molar-refractivity contribution in [3.8, 4) is 0 Å². The Hall–Kier alpha value is -3.41. The highest BCUT2D eigenvalue weighted by Gasteiger charge is 2.19. The summed E-state index contributed by atoms with van der Waals surface area (Å²) in [5.41, 5.74) is 0. The van der Waals surface area contributed by atoms with Crippen molar-refractivity contribution < 1.29 is 28.6 Å². The summed E-state index contributed by atoms with van der Waals surface area (Å²) in [5, 5.41) is 0. The molecule has 0 heterocycles. The van der Waals surface area contributed by atoms with Crippen LogP contribution in [0.15, 0.2) is 85.1 Å². The zero-order valence-corrected chi connectivity index (χ0v) is 52.4. The first kappa shape index (κ1) is 75.6. The average Bonchev–Trinajstić information content (AvgIpc) is 3.45. The van der Waals surface area contributed by atoms with Crippen molar-refractivity contribution >= 4 is 17.9 Å². The van der Waals surface area contributed by atoms with E-state index in [4.69, 9.17) is 14.2 Å². The van der Waals surface area contributed by atoms with E-state index in [0.29, 0.717) is 19.3 Å². The molecule has 1 unspecified atom stereocenters. The third kappa shape index (κ3) is 65.3. The second-order valence-corrected chi connectivity index (χ2v) is 22.7. The Kier molecular flexibility index (Phi) is 64.2. The molecule has 0 aliphatic carbocycles. The van der Waals surface area contributed by atoms with Gasteiger partial charge in [-0.25, -0.2) is 0 Å². The van der Waals surface area contributed by atoms with Crippen LogP contribution in [0.5, 0.6) is 0 Å². The highest BCUT2D eigenvalue weighted by molar-refractivity contribution is 5.71. The molecule has 0 amide bonds. The van der Waals surface area contributed by atoms with Crippen LogP contribution in [0, 0.1) is 0 Å². The molecule has 456 valence electrons. The monoisotopic (exact) mass is 1100 g/mol. The quantitative estimate of drug-likeness (QED) is 0.0261. The molecule has 6 heteroatoms. The van der Waals surface area contributed by atoms with Crippen molar-refractivity contribution in [3.63, 3.8) is 0 Å². The van der Waals surface area contributed by atoms with Crippen molar-refractivity contribution in [2.45, 2.75) is 348 Å². The molecular weight excluding hydrogens is 973 g/mol. The van der Waals surface area contributed by atoms with Crippen molar-refractivity contribution in [2.75, 3.05) is 13.2 Å². The van der Waals surface area contributed by atoms with E-state index < -0.39 is 6.10 Å². The van der Waals surface area contributed by atoms with Crippen molar-refractivity contribution in [1.29, 1.82) is 0 Å². The highest BCUT2D eigenvalue weighted by Crippen LogP contribution is 2.17. The molecule has 0 fully saturated rings. The third-order valence-electron chi connectivity index (χ3n) is 14.9. The molecule has 6 nitrogen and oxygen atoms in total. The van der Waals surface area contributed by atoms with Gasteiger partial charge < -0.3 is 14.2 Å². The Morgan fingerprint density at radius 3 is 0.797 bits per heavy atom. The lowest BCUT2D eigenvalue weighted by Gasteiger charge is -2.18. The number of esters is 3. The lowest BCUT2D eigenvalue weighted by atomic mass is 10.0. The van der Waals surface area contributed by atoms with Gasteiger partial charge in [0.2, 0.25) is 0 Å². The largest absolute Gasteiger partial charge is 0.462 e. The molecule has 0 aromatic rings. The van der Waals surface area contributed by atoms with E-state index in [1.807, 2.05) is 0 Å². The molecule has 0 aliphatic rings. The van der Waals surface area contributed by atoms with Crippen LogP contribution in [0.2, 0.25) is 0 Å². The normalized spacial score (nSPS) is 12.6. The van der Waals surface area contributed by atoms with Gasteiger partial charge >= 0.3 is 17.9 Å². The minimum Gasteiger partial charge on any atom is -0.462 e. The molecule has 0 saturated heterocycles. The SMILES string of the molecule is CC/C=C\C/C=C\C/C=C\C/C=C\CCCCCCCCCCCCC(=O)OCC(COC(=O)CCCCCCCCCCCCCCCCCCCCC)OC(=O)CCCCCCCC/C=C\C/C=C\C/C=C\CCCCC. The summed E-state index contributed by atoms with van der Waals surface area (Å²) in [7, 11) is 0. The van der Waals surface area contributed by atoms with Gasteiger partial charge in [0.1, 0.15) is 13.2 Å². The molecule has 79 heavy (non-hydrogen) atoms. The van der Waals surface area contributed by atoms with Gasteiger partial charge in [0.15, 0.2) is 6.10 Å². The molecule has 1 atom stereocenters. The second kappa shape index (κ2) is 67.1. The summed E-state index contributed by atoms with van der Waals surface area (Å²) in [6.45, 7) is 6.54. The minimum atomic E-state index is -0.786. The Morgan fingerprint density at radius 1 is 0.266 bits per heavy atom. The summed E-state index contributed by atoms with van der Waals surface area (Å²) < 4.78 is 17.0. The minimum absolute atomic E-state index is 0.0798. The Bertz CT molecular complexity index is 1500. The maximum Gasteiger partial charge on any atom is 0.306 e. The number of hydrogen-bond donors (Lipinski definition) is 0. The van der Waals surface area contributed by atoms with Gasteiger partial charge in [-0.2, -0.15) is 0 Å². The third-order valence-corrected chi connectivity index (χ3v) is 14.9. The van der Waals surface area contributed by atoms with Gasteiger partial charge in [-0.1, -0.05) is 311 Å². The van der Waals surface area contributed by atoms with E-state index in [2.05, 4.69) is 106 Å². The van der Waals surface area contributed by atoms with Crippen LogP contribution in [0.3, 0.4) is 0 Å². The van der Waals surface area contributed by atoms with E-state index in [-0.39, 0.29) is 31.1 Å². The zero-order chi connectivity index (χ0) is 57.1. The predicted octanol–water partition coefficient (Wildman–Crippen LogP) is 23.4. The molecule has 0 saturated carbocycles. The Morgan fingerprint density at radius 2 is 0.494 bits per heavy atom. The molecule has 0 bridgehead atoms. The van der Waals surface area contributed by atoms with E-state index in [9.17, 15) is 14.4 Å². The Labute approximate surface area is 490 Å². The van der Waals surface area contributed by atoms with Crippen molar-refractivity contribution in [1.82, 2.24) is 0 Å². The van der Waals surface area contributed by atoms with Gasteiger partial charge in [-0.05, 0) is 96.3 Å². The summed E-state index contributed by atoms with van der Waals surface area (Å²) in [6.07, 6.45) is 88.7. The maximum atomic E-state index is 12.9. The molecule has 0 aromatic carbocycles. The fourth-order valence-electron chi connectivity index (χ4n) is 9.80. The van der Waals surface area contributed by atoms with Gasteiger partial charge in [-0.3, -0.25) is 14.4 Å². The average molecular weight is 1100 g/mol. The molecule has 0 rings (SSSR count). The number of carbonyl (C=O) groups excluding carboxylic acids is 3. The Balaban J connectivity index is 4.38. The van der Waals surface area contributed by atoms with Crippen LogP contribution in [0.4, 0.5) is 0 Å². The summed E-state index contributed by atoms with van der Waals surface area (Å²) in [5.74, 6) is -0.878. The maximum absolute atomic E-state index is 12.9. The molecule has 0 N–H and O–H groups in total. The highest BCUT2D eigenvalue weighted by atomic mass is 16.6.